The molecule has 0 bridgehead atoms. The number of amides is 1. The van der Waals surface area contributed by atoms with Gasteiger partial charge in [0.1, 0.15) is 0 Å². The average molecular weight is 344 g/mol. The first kappa shape index (κ1) is 17.5. The SMILES string of the molecule is CC(=O)N1CCN(C(C)c2ccc(-c3ccc(F)c(F)c3)cc2)CC1. The predicted octanol–water partition coefficient (Wildman–Crippen LogP) is 3.86. The van der Waals surface area contributed by atoms with Crippen LogP contribution in [0.3, 0.4) is 0 Å². The van der Waals surface area contributed by atoms with Gasteiger partial charge in [-0.25, -0.2) is 8.78 Å². The Morgan fingerprint density at radius 3 is 2.08 bits per heavy atom. The molecule has 3 rings (SSSR count). The normalized spacial score (nSPS) is 16.7. The Bertz CT molecular complexity index is 753. The van der Waals surface area contributed by atoms with Gasteiger partial charge in [-0.1, -0.05) is 30.3 Å². The van der Waals surface area contributed by atoms with E-state index in [0.717, 1.165) is 37.8 Å². The van der Waals surface area contributed by atoms with Crippen molar-refractivity contribution in [2.24, 2.45) is 0 Å². The number of hydrogen-bond donors (Lipinski definition) is 0. The van der Waals surface area contributed by atoms with Crippen molar-refractivity contribution in [3.05, 3.63) is 59.7 Å². The summed E-state index contributed by atoms with van der Waals surface area (Å²) >= 11 is 0. The van der Waals surface area contributed by atoms with Gasteiger partial charge in [-0.2, -0.15) is 0 Å². The van der Waals surface area contributed by atoms with Crippen molar-refractivity contribution in [1.82, 2.24) is 9.80 Å². The van der Waals surface area contributed by atoms with Crippen molar-refractivity contribution in [3.63, 3.8) is 0 Å². The molecule has 0 N–H and O–H groups in total. The van der Waals surface area contributed by atoms with Gasteiger partial charge in [0, 0.05) is 39.1 Å². The van der Waals surface area contributed by atoms with Crippen molar-refractivity contribution in [3.8, 4) is 11.1 Å². The third kappa shape index (κ3) is 3.87. The molecule has 2 aromatic rings. The number of halogens is 2. The smallest absolute Gasteiger partial charge is 0.219 e. The zero-order valence-electron chi connectivity index (χ0n) is 14.5. The molecule has 1 unspecified atom stereocenters. The fourth-order valence-corrected chi connectivity index (χ4v) is 3.26. The number of piperazine rings is 1. The Morgan fingerprint density at radius 2 is 1.52 bits per heavy atom. The zero-order valence-corrected chi connectivity index (χ0v) is 14.5. The van der Waals surface area contributed by atoms with E-state index in [0.29, 0.717) is 5.56 Å². The standard InChI is InChI=1S/C20H22F2N2O/c1-14(23-9-11-24(12-10-23)15(2)25)16-3-5-17(6-4-16)18-7-8-19(21)20(22)13-18/h3-8,13-14H,9-12H2,1-2H3. The minimum Gasteiger partial charge on any atom is -0.340 e. The molecule has 1 saturated heterocycles. The van der Waals surface area contributed by atoms with E-state index >= 15 is 0 Å². The summed E-state index contributed by atoms with van der Waals surface area (Å²) in [5.41, 5.74) is 2.69. The number of hydrogen-bond acceptors (Lipinski definition) is 2. The lowest BCUT2D eigenvalue weighted by Gasteiger charge is -2.37. The molecular weight excluding hydrogens is 322 g/mol. The van der Waals surface area contributed by atoms with Crippen LogP contribution in [0.1, 0.15) is 25.5 Å². The Labute approximate surface area is 146 Å². The monoisotopic (exact) mass is 344 g/mol. The fraction of sp³-hybridized carbons (Fsp3) is 0.350. The Hall–Kier alpha value is -2.27. The summed E-state index contributed by atoms with van der Waals surface area (Å²) in [6.07, 6.45) is 0. The van der Waals surface area contributed by atoms with Gasteiger partial charge in [-0.3, -0.25) is 9.69 Å². The van der Waals surface area contributed by atoms with Gasteiger partial charge in [0.15, 0.2) is 11.6 Å². The fourth-order valence-electron chi connectivity index (χ4n) is 3.26. The summed E-state index contributed by atoms with van der Waals surface area (Å²) in [6, 6.07) is 12.1. The quantitative estimate of drug-likeness (QED) is 0.844. The van der Waals surface area contributed by atoms with Gasteiger partial charge in [-0.15, -0.1) is 0 Å². The molecule has 25 heavy (non-hydrogen) atoms. The van der Waals surface area contributed by atoms with Gasteiger partial charge in [0.25, 0.3) is 0 Å². The summed E-state index contributed by atoms with van der Waals surface area (Å²) in [7, 11) is 0. The van der Waals surface area contributed by atoms with Crippen LogP contribution in [0.25, 0.3) is 11.1 Å². The molecule has 132 valence electrons. The van der Waals surface area contributed by atoms with Crippen LogP contribution >= 0.6 is 0 Å². The highest BCUT2D eigenvalue weighted by molar-refractivity contribution is 5.73. The van der Waals surface area contributed by atoms with E-state index in [1.54, 1.807) is 13.0 Å². The van der Waals surface area contributed by atoms with Gasteiger partial charge >= 0.3 is 0 Å². The lowest BCUT2D eigenvalue weighted by atomic mass is 10.00. The third-order valence-electron chi connectivity index (χ3n) is 4.95. The molecule has 1 atom stereocenters. The molecule has 1 aliphatic rings. The third-order valence-corrected chi connectivity index (χ3v) is 4.95. The van der Waals surface area contributed by atoms with E-state index in [2.05, 4.69) is 11.8 Å². The maximum absolute atomic E-state index is 13.4. The van der Waals surface area contributed by atoms with Crippen LogP contribution in [0.5, 0.6) is 0 Å². The molecule has 1 heterocycles. The number of carbonyl (C=O) groups is 1. The molecule has 1 fully saturated rings. The van der Waals surface area contributed by atoms with Crippen molar-refractivity contribution >= 4 is 5.91 Å². The molecular formula is C20H22F2N2O. The number of rotatable bonds is 3. The zero-order chi connectivity index (χ0) is 18.0. The second-order valence-electron chi connectivity index (χ2n) is 6.47. The first-order valence-electron chi connectivity index (χ1n) is 8.50. The highest BCUT2D eigenvalue weighted by Crippen LogP contribution is 2.26. The molecule has 0 spiro atoms. The first-order chi connectivity index (χ1) is 12.0. The Balaban J connectivity index is 1.69. The molecule has 0 aromatic heterocycles. The highest BCUT2D eigenvalue weighted by atomic mass is 19.2. The molecule has 2 aromatic carbocycles. The van der Waals surface area contributed by atoms with Crippen molar-refractivity contribution in [1.29, 1.82) is 0 Å². The van der Waals surface area contributed by atoms with E-state index in [-0.39, 0.29) is 11.9 Å². The van der Waals surface area contributed by atoms with E-state index in [1.807, 2.05) is 29.2 Å². The molecule has 3 nitrogen and oxygen atoms in total. The van der Waals surface area contributed by atoms with Gasteiger partial charge < -0.3 is 4.90 Å². The van der Waals surface area contributed by atoms with Crippen LogP contribution in [0.2, 0.25) is 0 Å². The molecule has 0 saturated carbocycles. The van der Waals surface area contributed by atoms with Crippen LogP contribution in [-0.2, 0) is 4.79 Å². The summed E-state index contributed by atoms with van der Waals surface area (Å²) in [5, 5.41) is 0. The van der Waals surface area contributed by atoms with Crippen molar-refractivity contribution < 1.29 is 13.6 Å². The van der Waals surface area contributed by atoms with E-state index < -0.39 is 11.6 Å². The van der Waals surface area contributed by atoms with Crippen LogP contribution in [0, 0.1) is 11.6 Å². The maximum atomic E-state index is 13.4. The van der Waals surface area contributed by atoms with Crippen LogP contribution in [0.15, 0.2) is 42.5 Å². The highest BCUT2D eigenvalue weighted by Gasteiger charge is 2.23. The Kier molecular flexibility index (Phi) is 5.13. The summed E-state index contributed by atoms with van der Waals surface area (Å²) in [6.45, 7) is 6.97. The van der Waals surface area contributed by atoms with Crippen LogP contribution in [0.4, 0.5) is 8.78 Å². The lowest BCUT2D eigenvalue weighted by Crippen LogP contribution is -2.48. The van der Waals surface area contributed by atoms with Gasteiger partial charge in [-0.05, 0) is 35.7 Å². The Morgan fingerprint density at radius 1 is 0.920 bits per heavy atom. The number of nitrogens with zero attached hydrogens (tertiary/aromatic N) is 2. The lowest BCUT2D eigenvalue weighted by molar-refractivity contribution is -0.130. The van der Waals surface area contributed by atoms with Crippen LogP contribution in [-0.4, -0.2) is 41.9 Å². The maximum Gasteiger partial charge on any atom is 0.219 e. The first-order valence-corrected chi connectivity index (χ1v) is 8.50. The van der Waals surface area contributed by atoms with Crippen molar-refractivity contribution in [2.45, 2.75) is 19.9 Å². The second-order valence-corrected chi connectivity index (χ2v) is 6.47. The average Bonchev–Trinajstić information content (AvgIpc) is 2.63. The molecule has 0 aliphatic carbocycles. The molecule has 5 heteroatoms. The van der Waals surface area contributed by atoms with E-state index in [9.17, 15) is 13.6 Å². The summed E-state index contributed by atoms with van der Waals surface area (Å²) < 4.78 is 26.5. The van der Waals surface area contributed by atoms with Crippen molar-refractivity contribution in [2.75, 3.05) is 26.2 Å². The number of benzene rings is 2. The molecule has 0 radical (unpaired) electrons. The summed E-state index contributed by atoms with van der Waals surface area (Å²) in [4.78, 5) is 15.6. The second kappa shape index (κ2) is 7.31. The largest absolute Gasteiger partial charge is 0.340 e. The van der Waals surface area contributed by atoms with Gasteiger partial charge in [0.05, 0.1) is 0 Å². The minimum absolute atomic E-state index is 0.128. The minimum atomic E-state index is -0.835. The van der Waals surface area contributed by atoms with Crippen LogP contribution < -0.4 is 0 Å². The van der Waals surface area contributed by atoms with Gasteiger partial charge in [0.2, 0.25) is 5.91 Å². The summed E-state index contributed by atoms with van der Waals surface area (Å²) in [5.74, 6) is -1.54. The predicted molar refractivity (Wildman–Crippen MR) is 94.0 cm³/mol. The van der Waals surface area contributed by atoms with E-state index in [4.69, 9.17) is 0 Å². The number of carbonyl (C=O) groups excluding carboxylic acids is 1. The topological polar surface area (TPSA) is 23.6 Å². The van der Waals surface area contributed by atoms with E-state index in [1.165, 1.54) is 11.6 Å². The molecule has 1 amide bonds. The molecule has 1 aliphatic heterocycles.